The fourth-order valence-corrected chi connectivity index (χ4v) is 3.78. The molecule has 2 aromatic carbocycles. The van der Waals surface area contributed by atoms with Crippen molar-refractivity contribution in [2.75, 3.05) is 38.1 Å². The van der Waals surface area contributed by atoms with Crippen molar-refractivity contribution < 1.29 is 4.79 Å². The number of likely N-dealkylation sites (tertiary alicyclic amines) is 1. The van der Waals surface area contributed by atoms with E-state index >= 15 is 0 Å². The Labute approximate surface area is 167 Å². The summed E-state index contributed by atoms with van der Waals surface area (Å²) in [5.74, 6) is 0.226. The summed E-state index contributed by atoms with van der Waals surface area (Å²) in [6.45, 7) is 4.08. The van der Waals surface area contributed by atoms with E-state index in [1.165, 1.54) is 0 Å². The Morgan fingerprint density at radius 2 is 1.93 bits per heavy atom. The molecular formula is C22H28ClN3O. The number of anilines is 1. The Morgan fingerprint density at radius 1 is 1.19 bits per heavy atom. The summed E-state index contributed by atoms with van der Waals surface area (Å²) < 4.78 is 0. The molecule has 5 heteroatoms. The number of amides is 1. The molecule has 1 saturated heterocycles. The van der Waals surface area contributed by atoms with E-state index in [9.17, 15) is 4.79 Å². The summed E-state index contributed by atoms with van der Waals surface area (Å²) in [7, 11) is 2.05. The predicted molar refractivity (Wildman–Crippen MR) is 112 cm³/mol. The van der Waals surface area contributed by atoms with E-state index in [4.69, 9.17) is 11.6 Å². The van der Waals surface area contributed by atoms with Crippen LogP contribution in [0.5, 0.6) is 0 Å². The monoisotopic (exact) mass is 385 g/mol. The molecule has 1 unspecified atom stereocenters. The predicted octanol–water partition coefficient (Wildman–Crippen LogP) is 3.80. The number of piperidine rings is 1. The molecule has 1 N–H and O–H groups in total. The van der Waals surface area contributed by atoms with E-state index in [-0.39, 0.29) is 11.8 Å². The van der Waals surface area contributed by atoms with Crippen LogP contribution < -0.4 is 10.2 Å². The Morgan fingerprint density at radius 3 is 2.70 bits per heavy atom. The van der Waals surface area contributed by atoms with Gasteiger partial charge in [-0.1, -0.05) is 48.0 Å². The lowest BCUT2D eigenvalue weighted by atomic mass is 9.96. The first-order chi connectivity index (χ1) is 13.1. The maximum absolute atomic E-state index is 12.6. The van der Waals surface area contributed by atoms with Crippen molar-refractivity contribution in [2.24, 2.45) is 5.92 Å². The Hall–Kier alpha value is -2.04. The van der Waals surface area contributed by atoms with Gasteiger partial charge < -0.3 is 10.2 Å². The molecule has 0 saturated carbocycles. The highest BCUT2D eigenvalue weighted by Gasteiger charge is 2.25. The lowest BCUT2D eigenvalue weighted by molar-refractivity contribution is -0.126. The van der Waals surface area contributed by atoms with Crippen LogP contribution in [0.3, 0.4) is 0 Å². The SMILES string of the molecule is CN(CCNC(=O)C1CCCN(Cc2ccccc2Cl)C1)c1ccccc1. The van der Waals surface area contributed by atoms with Crippen LogP contribution in [0.1, 0.15) is 18.4 Å². The molecule has 1 fully saturated rings. The normalized spacial score (nSPS) is 17.5. The summed E-state index contributed by atoms with van der Waals surface area (Å²) >= 11 is 6.28. The van der Waals surface area contributed by atoms with Gasteiger partial charge in [-0.3, -0.25) is 9.69 Å². The molecule has 0 aliphatic carbocycles. The van der Waals surface area contributed by atoms with Gasteiger partial charge in [-0.25, -0.2) is 0 Å². The third-order valence-electron chi connectivity index (χ3n) is 5.17. The number of hydrogen-bond acceptors (Lipinski definition) is 3. The molecule has 1 aliphatic rings. The number of para-hydroxylation sites is 1. The molecule has 2 aromatic rings. The van der Waals surface area contributed by atoms with Gasteiger partial charge in [0.1, 0.15) is 0 Å². The summed E-state index contributed by atoms with van der Waals surface area (Å²) in [6, 6.07) is 18.2. The number of rotatable bonds is 7. The Kier molecular flexibility index (Phi) is 7.13. The van der Waals surface area contributed by atoms with Crippen LogP contribution in [-0.2, 0) is 11.3 Å². The van der Waals surface area contributed by atoms with Gasteiger partial charge in [0, 0.05) is 43.9 Å². The fourth-order valence-electron chi connectivity index (χ4n) is 3.58. The lowest BCUT2D eigenvalue weighted by Gasteiger charge is -2.32. The molecule has 0 spiro atoms. The standard InChI is InChI=1S/C22H28ClN3O/c1-25(20-10-3-2-4-11-20)15-13-24-22(27)19-9-7-14-26(17-19)16-18-8-5-6-12-21(18)23/h2-6,8,10-12,19H,7,9,13-17H2,1H3,(H,24,27). The van der Waals surface area contributed by atoms with E-state index in [0.29, 0.717) is 6.54 Å². The minimum Gasteiger partial charge on any atom is -0.373 e. The van der Waals surface area contributed by atoms with Gasteiger partial charge in [0.2, 0.25) is 5.91 Å². The van der Waals surface area contributed by atoms with Crippen LogP contribution in [-0.4, -0.2) is 44.0 Å². The van der Waals surface area contributed by atoms with E-state index < -0.39 is 0 Å². The first kappa shape index (κ1) is 19.7. The minimum absolute atomic E-state index is 0.0586. The van der Waals surface area contributed by atoms with Gasteiger partial charge in [-0.15, -0.1) is 0 Å². The lowest BCUT2D eigenvalue weighted by Crippen LogP contribution is -2.44. The van der Waals surface area contributed by atoms with Gasteiger partial charge >= 0.3 is 0 Å². The number of nitrogens with zero attached hydrogens (tertiary/aromatic N) is 2. The second-order valence-corrected chi connectivity index (χ2v) is 7.62. The van der Waals surface area contributed by atoms with Gasteiger partial charge in [0.25, 0.3) is 0 Å². The molecule has 1 aliphatic heterocycles. The second-order valence-electron chi connectivity index (χ2n) is 7.21. The maximum atomic E-state index is 12.6. The Bertz CT molecular complexity index is 737. The molecule has 1 heterocycles. The molecule has 1 amide bonds. The van der Waals surface area contributed by atoms with Crippen LogP contribution in [0.25, 0.3) is 0 Å². The van der Waals surface area contributed by atoms with Crippen molar-refractivity contribution in [1.82, 2.24) is 10.2 Å². The third kappa shape index (κ3) is 5.72. The maximum Gasteiger partial charge on any atom is 0.224 e. The summed E-state index contributed by atoms with van der Waals surface area (Å²) in [4.78, 5) is 17.1. The van der Waals surface area contributed by atoms with Crippen LogP contribution in [0.2, 0.25) is 5.02 Å². The van der Waals surface area contributed by atoms with Gasteiger partial charge in [-0.05, 0) is 43.1 Å². The van der Waals surface area contributed by atoms with E-state index in [0.717, 1.165) is 55.3 Å². The van der Waals surface area contributed by atoms with Crippen molar-refractivity contribution in [3.05, 3.63) is 65.2 Å². The zero-order valence-electron chi connectivity index (χ0n) is 15.9. The number of benzene rings is 2. The van der Waals surface area contributed by atoms with E-state index in [2.05, 4.69) is 33.3 Å². The quantitative estimate of drug-likeness (QED) is 0.787. The summed E-state index contributed by atoms with van der Waals surface area (Å²) in [6.07, 6.45) is 2.01. The van der Waals surface area contributed by atoms with E-state index in [1.54, 1.807) is 0 Å². The van der Waals surface area contributed by atoms with Crippen molar-refractivity contribution >= 4 is 23.2 Å². The second kappa shape index (κ2) is 9.77. The van der Waals surface area contributed by atoms with Gasteiger partial charge in [0.05, 0.1) is 5.92 Å². The topological polar surface area (TPSA) is 35.6 Å². The van der Waals surface area contributed by atoms with E-state index in [1.807, 2.05) is 43.4 Å². The highest BCUT2D eigenvalue weighted by Crippen LogP contribution is 2.22. The van der Waals surface area contributed by atoms with Crippen LogP contribution >= 0.6 is 11.6 Å². The minimum atomic E-state index is 0.0586. The average Bonchev–Trinajstić information content (AvgIpc) is 2.70. The fraction of sp³-hybridized carbons (Fsp3) is 0.409. The smallest absolute Gasteiger partial charge is 0.224 e. The first-order valence-corrected chi connectivity index (χ1v) is 10.0. The van der Waals surface area contributed by atoms with Crippen LogP contribution in [0.15, 0.2) is 54.6 Å². The average molecular weight is 386 g/mol. The highest BCUT2D eigenvalue weighted by molar-refractivity contribution is 6.31. The molecule has 3 rings (SSSR count). The third-order valence-corrected chi connectivity index (χ3v) is 5.54. The molecule has 1 atom stereocenters. The van der Waals surface area contributed by atoms with Gasteiger partial charge in [0.15, 0.2) is 0 Å². The van der Waals surface area contributed by atoms with Gasteiger partial charge in [-0.2, -0.15) is 0 Å². The zero-order valence-corrected chi connectivity index (χ0v) is 16.7. The number of likely N-dealkylation sites (N-methyl/N-ethyl adjacent to an activating group) is 1. The number of nitrogens with one attached hydrogen (secondary N) is 1. The van der Waals surface area contributed by atoms with Crippen molar-refractivity contribution in [2.45, 2.75) is 19.4 Å². The number of carbonyl (C=O) groups excluding carboxylic acids is 1. The number of halogens is 1. The molecule has 0 aromatic heterocycles. The van der Waals surface area contributed by atoms with Crippen LogP contribution in [0.4, 0.5) is 5.69 Å². The molecule has 0 bridgehead atoms. The molecule has 4 nitrogen and oxygen atoms in total. The summed E-state index contributed by atoms with van der Waals surface area (Å²) in [5, 5.41) is 3.91. The summed E-state index contributed by atoms with van der Waals surface area (Å²) in [5.41, 5.74) is 2.29. The molecular weight excluding hydrogens is 358 g/mol. The largest absolute Gasteiger partial charge is 0.373 e. The molecule has 27 heavy (non-hydrogen) atoms. The van der Waals surface area contributed by atoms with Crippen molar-refractivity contribution in [3.8, 4) is 0 Å². The number of hydrogen-bond donors (Lipinski definition) is 1. The number of carbonyl (C=O) groups is 1. The molecule has 0 radical (unpaired) electrons. The van der Waals surface area contributed by atoms with Crippen molar-refractivity contribution in [1.29, 1.82) is 0 Å². The highest BCUT2D eigenvalue weighted by atomic mass is 35.5. The Balaban J connectivity index is 1.45. The van der Waals surface area contributed by atoms with Crippen LogP contribution in [0, 0.1) is 5.92 Å². The van der Waals surface area contributed by atoms with Crippen molar-refractivity contribution in [3.63, 3.8) is 0 Å². The zero-order chi connectivity index (χ0) is 19.1. The molecule has 144 valence electrons. The first-order valence-electron chi connectivity index (χ1n) is 9.63.